The molecule has 0 aromatic heterocycles. The van der Waals surface area contributed by atoms with Gasteiger partial charge in [-0.05, 0) is 83.5 Å². The van der Waals surface area contributed by atoms with E-state index in [9.17, 15) is 4.79 Å². The lowest BCUT2D eigenvalue weighted by molar-refractivity contribution is 0.0157. The van der Waals surface area contributed by atoms with Gasteiger partial charge in [-0.3, -0.25) is 0 Å². The molecule has 1 aliphatic heterocycles. The van der Waals surface area contributed by atoms with Crippen LogP contribution in [0.3, 0.4) is 0 Å². The van der Waals surface area contributed by atoms with Crippen LogP contribution >= 0.6 is 0 Å². The molecule has 2 saturated carbocycles. The number of nitrogens with zero attached hydrogens (tertiary/aromatic N) is 1. The summed E-state index contributed by atoms with van der Waals surface area (Å²) in [5, 5.41) is 0. The van der Waals surface area contributed by atoms with Gasteiger partial charge in [0.2, 0.25) is 0 Å². The first-order valence-electron chi connectivity index (χ1n) is 9.00. The standard InChI is InChI=1S/C18H32N2O2/c1-16(2,3)22-15(21)20-12-4-5-14(13-20)6-7-17(8-9-17)18(19)10-11-18/h14H,4-13,19H2,1-3H3. The Morgan fingerprint density at radius 1 is 1.27 bits per heavy atom. The Morgan fingerprint density at radius 3 is 2.50 bits per heavy atom. The lowest BCUT2D eigenvalue weighted by Crippen LogP contribution is -2.43. The van der Waals surface area contributed by atoms with Crippen LogP contribution in [0.5, 0.6) is 0 Å². The SMILES string of the molecule is CC(C)(C)OC(=O)N1CCCC(CCC2(C3(N)CC3)CC2)C1. The normalized spacial score (nSPS) is 29.1. The highest BCUT2D eigenvalue weighted by Crippen LogP contribution is 2.65. The first-order chi connectivity index (χ1) is 10.2. The summed E-state index contributed by atoms with van der Waals surface area (Å²) in [5.74, 6) is 0.626. The Balaban J connectivity index is 1.48. The van der Waals surface area contributed by atoms with Crippen molar-refractivity contribution in [1.82, 2.24) is 4.90 Å². The van der Waals surface area contributed by atoms with Gasteiger partial charge in [0.15, 0.2) is 0 Å². The molecule has 3 aliphatic rings. The van der Waals surface area contributed by atoms with Gasteiger partial charge in [-0.25, -0.2) is 4.79 Å². The van der Waals surface area contributed by atoms with E-state index in [1.54, 1.807) is 0 Å². The number of piperidine rings is 1. The smallest absolute Gasteiger partial charge is 0.410 e. The van der Waals surface area contributed by atoms with Gasteiger partial charge in [-0.15, -0.1) is 0 Å². The Morgan fingerprint density at radius 2 is 1.95 bits per heavy atom. The van der Waals surface area contributed by atoms with Gasteiger partial charge in [0.25, 0.3) is 0 Å². The summed E-state index contributed by atoms with van der Waals surface area (Å²) in [6.45, 7) is 7.50. The molecular weight excluding hydrogens is 276 g/mol. The van der Waals surface area contributed by atoms with Crippen LogP contribution in [0.2, 0.25) is 0 Å². The Bertz CT molecular complexity index is 433. The molecule has 3 fully saturated rings. The van der Waals surface area contributed by atoms with E-state index >= 15 is 0 Å². The zero-order chi connectivity index (χ0) is 16.0. The van der Waals surface area contributed by atoms with Crippen molar-refractivity contribution in [3.63, 3.8) is 0 Å². The lowest BCUT2D eigenvalue weighted by atomic mass is 9.83. The number of hydrogen-bond donors (Lipinski definition) is 1. The van der Waals surface area contributed by atoms with Gasteiger partial charge in [0.1, 0.15) is 5.60 Å². The summed E-state index contributed by atoms with van der Waals surface area (Å²) < 4.78 is 5.51. The molecule has 3 rings (SSSR count). The lowest BCUT2D eigenvalue weighted by Gasteiger charge is -2.35. The average Bonchev–Trinajstić information content (AvgIpc) is 3.32. The highest BCUT2D eigenvalue weighted by atomic mass is 16.6. The van der Waals surface area contributed by atoms with Crippen LogP contribution in [0.15, 0.2) is 0 Å². The number of carbonyl (C=O) groups excluding carboxylic acids is 1. The van der Waals surface area contributed by atoms with Crippen molar-refractivity contribution in [3.8, 4) is 0 Å². The predicted octanol–water partition coefficient (Wildman–Crippen LogP) is 3.69. The van der Waals surface area contributed by atoms with Crippen LogP contribution in [0.25, 0.3) is 0 Å². The number of carbonyl (C=O) groups is 1. The molecule has 1 saturated heterocycles. The molecule has 0 aromatic carbocycles. The van der Waals surface area contributed by atoms with Crippen LogP contribution < -0.4 is 5.73 Å². The minimum absolute atomic E-state index is 0.143. The molecule has 2 N–H and O–H groups in total. The molecule has 126 valence electrons. The highest BCUT2D eigenvalue weighted by Gasteiger charge is 2.62. The van der Waals surface area contributed by atoms with Crippen molar-refractivity contribution in [1.29, 1.82) is 0 Å². The van der Waals surface area contributed by atoms with Gasteiger partial charge < -0.3 is 15.4 Å². The van der Waals surface area contributed by atoms with E-state index < -0.39 is 5.60 Å². The summed E-state index contributed by atoms with van der Waals surface area (Å²) in [5.41, 5.74) is 6.69. The van der Waals surface area contributed by atoms with E-state index in [4.69, 9.17) is 10.5 Å². The van der Waals surface area contributed by atoms with Crippen molar-refractivity contribution in [3.05, 3.63) is 0 Å². The number of nitrogens with two attached hydrogens (primary N) is 1. The molecule has 0 radical (unpaired) electrons. The van der Waals surface area contributed by atoms with Gasteiger partial charge in [-0.2, -0.15) is 0 Å². The highest BCUT2D eigenvalue weighted by molar-refractivity contribution is 5.68. The monoisotopic (exact) mass is 308 g/mol. The fourth-order valence-electron chi connectivity index (χ4n) is 4.09. The number of rotatable bonds is 4. The van der Waals surface area contributed by atoms with Crippen LogP contribution in [0.1, 0.15) is 72.1 Å². The van der Waals surface area contributed by atoms with Crippen LogP contribution in [-0.4, -0.2) is 35.2 Å². The van der Waals surface area contributed by atoms with Crippen molar-refractivity contribution >= 4 is 6.09 Å². The Hall–Kier alpha value is -0.770. The summed E-state index contributed by atoms with van der Waals surface area (Å²) >= 11 is 0. The molecule has 1 amide bonds. The Kier molecular flexibility index (Phi) is 3.95. The maximum atomic E-state index is 12.2. The van der Waals surface area contributed by atoms with Gasteiger partial charge >= 0.3 is 6.09 Å². The molecular formula is C18H32N2O2. The van der Waals surface area contributed by atoms with Crippen LogP contribution in [-0.2, 0) is 4.74 Å². The second-order valence-electron chi connectivity index (χ2n) is 8.91. The van der Waals surface area contributed by atoms with Crippen LogP contribution in [0.4, 0.5) is 4.79 Å². The number of ether oxygens (including phenoxy) is 1. The molecule has 22 heavy (non-hydrogen) atoms. The van der Waals surface area contributed by atoms with Crippen molar-refractivity contribution in [2.75, 3.05) is 13.1 Å². The summed E-state index contributed by atoms with van der Waals surface area (Å²) in [6, 6.07) is 0. The third-order valence-corrected chi connectivity index (χ3v) is 5.90. The molecule has 0 bridgehead atoms. The predicted molar refractivity (Wildman–Crippen MR) is 87.6 cm³/mol. The average molecular weight is 308 g/mol. The first kappa shape index (κ1) is 16.1. The fraction of sp³-hybridized carbons (Fsp3) is 0.944. The van der Waals surface area contributed by atoms with Gasteiger partial charge in [0, 0.05) is 18.6 Å². The van der Waals surface area contributed by atoms with Crippen molar-refractivity contribution in [2.45, 2.75) is 83.3 Å². The zero-order valence-electron chi connectivity index (χ0n) is 14.5. The largest absolute Gasteiger partial charge is 0.444 e. The third kappa shape index (κ3) is 3.42. The summed E-state index contributed by atoms with van der Waals surface area (Å²) in [4.78, 5) is 14.1. The third-order valence-electron chi connectivity index (χ3n) is 5.90. The van der Waals surface area contributed by atoms with E-state index in [2.05, 4.69) is 0 Å². The van der Waals surface area contributed by atoms with E-state index in [1.807, 2.05) is 25.7 Å². The minimum atomic E-state index is -0.403. The molecule has 1 atom stereocenters. The quantitative estimate of drug-likeness (QED) is 0.862. The maximum Gasteiger partial charge on any atom is 0.410 e. The fourth-order valence-corrected chi connectivity index (χ4v) is 4.09. The molecule has 1 heterocycles. The van der Waals surface area contributed by atoms with E-state index in [1.165, 1.54) is 44.9 Å². The number of hydrogen-bond acceptors (Lipinski definition) is 3. The second-order valence-corrected chi connectivity index (χ2v) is 8.91. The molecule has 2 aliphatic carbocycles. The van der Waals surface area contributed by atoms with E-state index in [0.717, 1.165) is 19.5 Å². The topological polar surface area (TPSA) is 55.6 Å². The molecule has 4 nitrogen and oxygen atoms in total. The van der Waals surface area contributed by atoms with Crippen molar-refractivity contribution < 1.29 is 9.53 Å². The van der Waals surface area contributed by atoms with Crippen LogP contribution in [0, 0.1) is 11.3 Å². The molecule has 0 spiro atoms. The maximum absolute atomic E-state index is 12.2. The molecule has 4 heteroatoms. The van der Waals surface area contributed by atoms with Crippen molar-refractivity contribution in [2.24, 2.45) is 17.1 Å². The second kappa shape index (κ2) is 5.40. The van der Waals surface area contributed by atoms with Gasteiger partial charge in [-0.1, -0.05) is 0 Å². The van der Waals surface area contributed by atoms with E-state index in [0.29, 0.717) is 11.3 Å². The minimum Gasteiger partial charge on any atom is -0.444 e. The molecule has 0 aromatic rings. The van der Waals surface area contributed by atoms with E-state index in [-0.39, 0.29) is 11.6 Å². The Labute approximate surface area is 134 Å². The first-order valence-corrected chi connectivity index (χ1v) is 9.00. The molecule has 1 unspecified atom stereocenters. The van der Waals surface area contributed by atoms with Gasteiger partial charge in [0.05, 0.1) is 0 Å². The zero-order valence-corrected chi connectivity index (χ0v) is 14.5. The summed E-state index contributed by atoms with van der Waals surface area (Å²) in [7, 11) is 0. The summed E-state index contributed by atoms with van der Waals surface area (Å²) in [6.07, 6.45) is 9.78. The number of likely N-dealkylation sites (tertiary alicyclic amines) is 1. The number of amides is 1.